The molecule has 0 saturated carbocycles. The first-order valence-electron chi connectivity index (χ1n) is 4.41. The van der Waals surface area contributed by atoms with E-state index in [9.17, 15) is 4.79 Å². The Morgan fingerprint density at radius 1 is 1.69 bits per heavy atom. The Morgan fingerprint density at radius 2 is 2.54 bits per heavy atom. The van der Waals surface area contributed by atoms with Crippen LogP contribution in [0.25, 0.3) is 0 Å². The van der Waals surface area contributed by atoms with Crippen molar-refractivity contribution < 1.29 is 13.9 Å². The number of carbonyl (C=O) groups excluding carboxylic acids is 1. The number of ether oxygens (including phenoxy) is 1. The van der Waals surface area contributed by atoms with Gasteiger partial charge in [0.15, 0.2) is 6.29 Å². The van der Waals surface area contributed by atoms with Gasteiger partial charge in [0.25, 0.3) is 0 Å². The molecule has 3 heteroatoms. The highest BCUT2D eigenvalue weighted by molar-refractivity contribution is 5.62. The monoisotopic (exact) mass is 180 g/mol. The number of hydrogen-bond donors (Lipinski definition) is 0. The summed E-state index contributed by atoms with van der Waals surface area (Å²) in [5, 5.41) is 0. The second-order valence-electron chi connectivity index (χ2n) is 3.59. The van der Waals surface area contributed by atoms with E-state index in [1.54, 1.807) is 6.26 Å². The lowest BCUT2D eigenvalue weighted by atomic mass is 10.0. The summed E-state index contributed by atoms with van der Waals surface area (Å²) in [6.45, 7) is 1.81. The highest BCUT2D eigenvalue weighted by Crippen LogP contribution is 2.38. The number of carbonyl (C=O) groups is 1. The molecule has 2 unspecified atom stereocenters. The fraction of sp³-hybridized carbons (Fsp3) is 0.500. The first-order valence-corrected chi connectivity index (χ1v) is 4.41. The van der Waals surface area contributed by atoms with Gasteiger partial charge in [0.2, 0.25) is 0 Å². The molecule has 0 aliphatic carbocycles. The molecule has 13 heavy (non-hydrogen) atoms. The van der Waals surface area contributed by atoms with Crippen molar-refractivity contribution in [3.8, 4) is 0 Å². The molecule has 1 aromatic heterocycles. The molecule has 2 heterocycles. The third kappa shape index (κ3) is 1.52. The quantitative estimate of drug-likeness (QED) is 0.654. The van der Waals surface area contributed by atoms with Crippen molar-refractivity contribution >= 4 is 6.29 Å². The largest absolute Gasteiger partial charge is 0.467 e. The first-order chi connectivity index (χ1) is 6.23. The van der Waals surface area contributed by atoms with Gasteiger partial charge in [-0.2, -0.15) is 0 Å². The average molecular weight is 180 g/mol. The summed E-state index contributed by atoms with van der Waals surface area (Å²) in [6, 6.07) is 3.70. The molecule has 2 rings (SSSR count). The zero-order chi connectivity index (χ0) is 9.31. The van der Waals surface area contributed by atoms with Crippen molar-refractivity contribution in [1.82, 2.24) is 0 Å². The minimum Gasteiger partial charge on any atom is -0.467 e. The Bertz CT molecular complexity index is 291. The molecule has 0 bridgehead atoms. The van der Waals surface area contributed by atoms with E-state index < -0.39 is 5.60 Å². The van der Waals surface area contributed by atoms with E-state index in [4.69, 9.17) is 9.15 Å². The van der Waals surface area contributed by atoms with E-state index in [2.05, 4.69) is 0 Å². The standard InChI is InChI=1S/C10H12O3/c1-10(7-11)5-4-9(13-10)8-3-2-6-12-8/h2-3,6-7,9H,4-5H2,1H3. The number of rotatable bonds is 2. The molecule has 0 amide bonds. The van der Waals surface area contributed by atoms with Crippen LogP contribution in [0, 0.1) is 0 Å². The molecular weight excluding hydrogens is 168 g/mol. The number of aldehydes is 1. The third-order valence-corrected chi connectivity index (χ3v) is 2.42. The molecule has 1 aromatic rings. The third-order valence-electron chi connectivity index (χ3n) is 2.42. The Balaban J connectivity index is 2.11. The van der Waals surface area contributed by atoms with E-state index in [0.717, 1.165) is 24.9 Å². The number of hydrogen-bond acceptors (Lipinski definition) is 3. The fourth-order valence-corrected chi connectivity index (χ4v) is 1.62. The summed E-state index contributed by atoms with van der Waals surface area (Å²) in [5.41, 5.74) is -0.614. The van der Waals surface area contributed by atoms with Gasteiger partial charge in [-0.05, 0) is 31.9 Å². The molecule has 0 spiro atoms. The molecule has 2 atom stereocenters. The molecule has 1 aliphatic heterocycles. The van der Waals surface area contributed by atoms with Gasteiger partial charge >= 0.3 is 0 Å². The molecule has 1 saturated heterocycles. The predicted molar refractivity (Wildman–Crippen MR) is 46.2 cm³/mol. The van der Waals surface area contributed by atoms with E-state index in [-0.39, 0.29) is 6.10 Å². The van der Waals surface area contributed by atoms with E-state index >= 15 is 0 Å². The zero-order valence-corrected chi connectivity index (χ0v) is 7.53. The summed E-state index contributed by atoms with van der Waals surface area (Å²) in [5.74, 6) is 0.811. The van der Waals surface area contributed by atoms with Crippen molar-refractivity contribution in [3.63, 3.8) is 0 Å². The van der Waals surface area contributed by atoms with Gasteiger partial charge in [-0.25, -0.2) is 0 Å². The van der Waals surface area contributed by atoms with Crippen LogP contribution in [0.2, 0.25) is 0 Å². The van der Waals surface area contributed by atoms with Gasteiger partial charge in [0.05, 0.1) is 6.26 Å². The van der Waals surface area contributed by atoms with Crippen molar-refractivity contribution in [2.75, 3.05) is 0 Å². The van der Waals surface area contributed by atoms with Gasteiger partial charge in [-0.15, -0.1) is 0 Å². The van der Waals surface area contributed by atoms with Crippen LogP contribution in [0.1, 0.15) is 31.6 Å². The summed E-state index contributed by atoms with van der Waals surface area (Å²) >= 11 is 0. The summed E-state index contributed by atoms with van der Waals surface area (Å²) in [7, 11) is 0. The summed E-state index contributed by atoms with van der Waals surface area (Å²) < 4.78 is 10.8. The molecule has 0 radical (unpaired) electrons. The van der Waals surface area contributed by atoms with Gasteiger partial charge in [-0.1, -0.05) is 0 Å². The maximum absolute atomic E-state index is 10.7. The summed E-state index contributed by atoms with van der Waals surface area (Å²) in [4.78, 5) is 10.7. The Morgan fingerprint density at radius 3 is 3.08 bits per heavy atom. The van der Waals surface area contributed by atoms with Crippen molar-refractivity contribution in [3.05, 3.63) is 24.2 Å². The minimum absolute atomic E-state index is 0.0507. The maximum Gasteiger partial charge on any atom is 0.151 e. The highest BCUT2D eigenvalue weighted by Gasteiger charge is 2.37. The normalized spacial score (nSPS) is 33.5. The van der Waals surface area contributed by atoms with E-state index in [1.807, 2.05) is 19.1 Å². The lowest BCUT2D eigenvalue weighted by Gasteiger charge is -2.16. The molecule has 1 fully saturated rings. The van der Waals surface area contributed by atoms with Crippen LogP contribution >= 0.6 is 0 Å². The fourth-order valence-electron chi connectivity index (χ4n) is 1.62. The van der Waals surface area contributed by atoms with E-state index in [1.165, 1.54) is 0 Å². The van der Waals surface area contributed by atoms with Gasteiger partial charge in [0, 0.05) is 0 Å². The van der Waals surface area contributed by atoms with E-state index in [0.29, 0.717) is 0 Å². The smallest absolute Gasteiger partial charge is 0.151 e. The zero-order valence-electron chi connectivity index (χ0n) is 7.53. The van der Waals surface area contributed by atoms with Crippen LogP contribution in [0.5, 0.6) is 0 Å². The lowest BCUT2D eigenvalue weighted by Crippen LogP contribution is -2.24. The second-order valence-corrected chi connectivity index (χ2v) is 3.59. The molecule has 0 N–H and O–H groups in total. The molecule has 1 aliphatic rings. The van der Waals surface area contributed by atoms with Crippen LogP contribution in [-0.4, -0.2) is 11.9 Å². The van der Waals surface area contributed by atoms with Crippen LogP contribution in [-0.2, 0) is 9.53 Å². The molecule has 0 aromatic carbocycles. The lowest BCUT2D eigenvalue weighted by molar-refractivity contribution is -0.128. The Labute approximate surface area is 76.7 Å². The van der Waals surface area contributed by atoms with Gasteiger partial charge < -0.3 is 13.9 Å². The van der Waals surface area contributed by atoms with Gasteiger partial charge in [0.1, 0.15) is 17.5 Å². The van der Waals surface area contributed by atoms with Crippen molar-refractivity contribution in [1.29, 1.82) is 0 Å². The highest BCUT2D eigenvalue weighted by atomic mass is 16.5. The van der Waals surface area contributed by atoms with Gasteiger partial charge in [-0.3, -0.25) is 0 Å². The Hall–Kier alpha value is -1.09. The topological polar surface area (TPSA) is 39.4 Å². The Kier molecular flexibility index (Phi) is 1.96. The van der Waals surface area contributed by atoms with Crippen molar-refractivity contribution in [2.24, 2.45) is 0 Å². The summed E-state index contributed by atoms with van der Waals surface area (Å²) in [6.07, 6.45) is 4.06. The van der Waals surface area contributed by atoms with Crippen molar-refractivity contribution in [2.45, 2.75) is 31.5 Å². The predicted octanol–water partition coefficient (Wildman–Crippen LogP) is 2.09. The second kappa shape index (κ2) is 3.00. The maximum atomic E-state index is 10.7. The van der Waals surface area contributed by atoms with Crippen LogP contribution < -0.4 is 0 Å². The van der Waals surface area contributed by atoms with Crippen LogP contribution in [0.4, 0.5) is 0 Å². The SMILES string of the molecule is CC1(C=O)CCC(c2ccco2)O1. The average Bonchev–Trinajstić information content (AvgIpc) is 2.73. The minimum atomic E-state index is -0.614. The number of furan rings is 1. The van der Waals surface area contributed by atoms with Crippen LogP contribution in [0.3, 0.4) is 0 Å². The molecule has 3 nitrogen and oxygen atoms in total. The molecular formula is C10H12O3. The first kappa shape index (κ1) is 8.51. The van der Waals surface area contributed by atoms with Crippen LogP contribution in [0.15, 0.2) is 22.8 Å². The molecule has 70 valence electrons.